The molecule has 8 heteroatoms. The summed E-state index contributed by atoms with van der Waals surface area (Å²) >= 11 is 0. The molecule has 0 unspecified atom stereocenters. The molecule has 3 rings (SSSR count). The second-order valence-corrected chi connectivity index (χ2v) is 8.09. The van der Waals surface area contributed by atoms with Gasteiger partial charge in [0, 0.05) is 0 Å². The zero-order valence-corrected chi connectivity index (χ0v) is 17.1. The second kappa shape index (κ2) is 9.71. The Balaban J connectivity index is 1.76. The Labute approximate surface area is 175 Å². The van der Waals surface area contributed by atoms with Gasteiger partial charge in [0.2, 0.25) is 0 Å². The molecular weight excluding hydrogens is 402 g/mol. The van der Waals surface area contributed by atoms with Gasteiger partial charge < -0.3 is 4.74 Å². The van der Waals surface area contributed by atoms with Crippen LogP contribution in [0.5, 0.6) is 5.75 Å². The van der Waals surface area contributed by atoms with Crippen molar-refractivity contribution >= 4 is 27.8 Å². The predicted octanol–water partition coefficient (Wildman–Crippen LogP) is 3.04. The molecule has 0 aliphatic rings. The highest BCUT2D eigenvalue weighted by Gasteiger charge is 2.26. The summed E-state index contributed by atoms with van der Waals surface area (Å²) < 4.78 is 32.4. The molecule has 3 aromatic carbocycles. The third kappa shape index (κ3) is 5.24. The number of benzene rings is 3. The molecule has 0 fully saturated rings. The van der Waals surface area contributed by atoms with Gasteiger partial charge in [0.05, 0.1) is 23.9 Å². The van der Waals surface area contributed by atoms with E-state index in [-0.39, 0.29) is 4.90 Å². The summed E-state index contributed by atoms with van der Waals surface area (Å²) in [4.78, 5) is 12.5. The average molecular weight is 423 g/mol. The van der Waals surface area contributed by atoms with Gasteiger partial charge >= 0.3 is 0 Å². The number of ether oxygens (including phenoxy) is 1. The summed E-state index contributed by atoms with van der Waals surface area (Å²) in [6.45, 7) is -0.415. The average Bonchev–Trinajstić information content (AvgIpc) is 2.79. The highest BCUT2D eigenvalue weighted by molar-refractivity contribution is 7.92. The fourth-order valence-corrected chi connectivity index (χ4v) is 4.11. The zero-order chi connectivity index (χ0) is 21.4. The van der Waals surface area contributed by atoms with Crippen molar-refractivity contribution in [3.63, 3.8) is 0 Å². The number of hydrazone groups is 1. The van der Waals surface area contributed by atoms with Gasteiger partial charge in [-0.1, -0.05) is 36.4 Å². The molecule has 1 amide bonds. The fraction of sp³-hybridized carbons (Fsp3) is 0.0909. The number of carbonyl (C=O) groups excluding carboxylic acids is 1. The summed E-state index contributed by atoms with van der Waals surface area (Å²) in [5, 5.41) is 3.91. The number of para-hydroxylation sites is 1. The molecular formula is C22H21N3O4S. The van der Waals surface area contributed by atoms with Gasteiger partial charge in [-0.15, -0.1) is 0 Å². The SMILES string of the molecule is COc1ccc(/C=N\NC(=O)CN(c2ccccc2)S(=O)(=O)c2ccccc2)cc1. The van der Waals surface area contributed by atoms with Crippen LogP contribution in [-0.2, 0) is 14.8 Å². The smallest absolute Gasteiger partial charge is 0.264 e. The Bertz CT molecular complexity index is 1100. The van der Waals surface area contributed by atoms with Crippen LogP contribution in [0.3, 0.4) is 0 Å². The van der Waals surface area contributed by atoms with Gasteiger partial charge in [0.1, 0.15) is 12.3 Å². The lowest BCUT2D eigenvalue weighted by molar-refractivity contribution is -0.119. The number of amides is 1. The van der Waals surface area contributed by atoms with Gasteiger partial charge in [-0.25, -0.2) is 13.8 Å². The Morgan fingerprint density at radius 2 is 1.57 bits per heavy atom. The monoisotopic (exact) mass is 423 g/mol. The van der Waals surface area contributed by atoms with Crippen LogP contribution in [0.15, 0.2) is 94.9 Å². The first-order valence-electron chi connectivity index (χ1n) is 9.09. The third-order valence-corrected chi connectivity index (χ3v) is 5.97. The molecule has 30 heavy (non-hydrogen) atoms. The normalized spacial score (nSPS) is 11.2. The number of nitrogens with zero attached hydrogens (tertiary/aromatic N) is 2. The van der Waals surface area contributed by atoms with Gasteiger partial charge in [0.25, 0.3) is 15.9 Å². The Hall–Kier alpha value is -3.65. The van der Waals surface area contributed by atoms with Crippen LogP contribution in [0, 0.1) is 0 Å². The van der Waals surface area contributed by atoms with Gasteiger partial charge in [-0.05, 0) is 54.1 Å². The molecule has 154 valence electrons. The quantitative estimate of drug-likeness (QED) is 0.446. The minimum atomic E-state index is -3.93. The van der Waals surface area contributed by atoms with Crippen molar-refractivity contribution in [2.75, 3.05) is 18.0 Å². The van der Waals surface area contributed by atoms with E-state index in [2.05, 4.69) is 10.5 Å². The fourth-order valence-electron chi connectivity index (χ4n) is 2.66. The van der Waals surface area contributed by atoms with E-state index in [1.165, 1.54) is 18.3 Å². The molecule has 0 aliphatic heterocycles. The van der Waals surface area contributed by atoms with Crippen LogP contribution in [0.4, 0.5) is 5.69 Å². The first-order chi connectivity index (χ1) is 14.5. The molecule has 7 nitrogen and oxygen atoms in total. The number of hydrogen-bond donors (Lipinski definition) is 1. The first kappa shape index (κ1) is 21.1. The van der Waals surface area contributed by atoms with E-state index in [0.29, 0.717) is 11.4 Å². The Morgan fingerprint density at radius 3 is 2.17 bits per heavy atom. The van der Waals surface area contributed by atoms with E-state index in [0.717, 1.165) is 9.87 Å². The summed E-state index contributed by atoms with van der Waals surface area (Å²) in [6.07, 6.45) is 1.47. The van der Waals surface area contributed by atoms with E-state index >= 15 is 0 Å². The molecule has 0 saturated heterocycles. The van der Waals surface area contributed by atoms with Crippen molar-refractivity contribution in [3.05, 3.63) is 90.5 Å². The summed E-state index contributed by atoms with van der Waals surface area (Å²) in [7, 11) is -2.35. The lowest BCUT2D eigenvalue weighted by Gasteiger charge is -2.23. The van der Waals surface area contributed by atoms with Gasteiger partial charge in [-0.3, -0.25) is 9.10 Å². The maximum absolute atomic E-state index is 13.1. The molecule has 0 atom stereocenters. The topological polar surface area (TPSA) is 88.1 Å². The molecule has 0 spiro atoms. The van der Waals surface area contributed by atoms with Crippen molar-refractivity contribution in [1.82, 2.24) is 5.43 Å². The molecule has 3 aromatic rings. The summed E-state index contributed by atoms with van der Waals surface area (Å²) in [6, 6.07) is 23.5. The molecule has 0 radical (unpaired) electrons. The number of anilines is 1. The maximum atomic E-state index is 13.1. The zero-order valence-electron chi connectivity index (χ0n) is 16.3. The van der Waals surface area contributed by atoms with E-state index < -0.39 is 22.5 Å². The minimum Gasteiger partial charge on any atom is -0.497 e. The van der Waals surface area contributed by atoms with Crippen molar-refractivity contribution in [2.24, 2.45) is 5.10 Å². The molecule has 0 aliphatic carbocycles. The number of hydrogen-bond acceptors (Lipinski definition) is 5. The van der Waals surface area contributed by atoms with Crippen molar-refractivity contribution < 1.29 is 17.9 Å². The highest BCUT2D eigenvalue weighted by Crippen LogP contribution is 2.23. The molecule has 1 N–H and O–H groups in total. The van der Waals surface area contributed by atoms with Crippen LogP contribution in [-0.4, -0.2) is 34.2 Å². The van der Waals surface area contributed by atoms with Crippen molar-refractivity contribution in [1.29, 1.82) is 0 Å². The lowest BCUT2D eigenvalue weighted by atomic mass is 10.2. The van der Waals surface area contributed by atoms with Crippen LogP contribution in [0.2, 0.25) is 0 Å². The van der Waals surface area contributed by atoms with Crippen LogP contribution in [0.25, 0.3) is 0 Å². The highest BCUT2D eigenvalue weighted by atomic mass is 32.2. The van der Waals surface area contributed by atoms with Crippen LogP contribution in [0.1, 0.15) is 5.56 Å². The number of rotatable bonds is 8. The van der Waals surface area contributed by atoms with Crippen molar-refractivity contribution in [3.8, 4) is 5.75 Å². The van der Waals surface area contributed by atoms with Crippen LogP contribution < -0.4 is 14.5 Å². The molecule has 0 saturated carbocycles. The molecule has 0 bridgehead atoms. The maximum Gasteiger partial charge on any atom is 0.264 e. The number of nitrogens with one attached hydrogen (secondary N) is 1. The Morgan fingerprint density at radius 1 is 0.967 bits per heavy atom. The first-order valence-corrected chi connectivity index (χ1v) is 10.5. The molecule has 0 heterocycles. The number of carbonyl (C=O) groups is 1. The van der Waals surface area contributed by atoms with Crippen LogP contribution >= 0.6 is 0 Å². The summed E-state index contributed by atoms with van der Waals surface area (Å²) in [5.41, 5.74) is 3.52. The van der Waals surface area contributed by atoms with Gasteiger partial charge in [-0.2, -0.15) is 5.10 Å². The lowest BCUT2D eigenvalue weighted by Crippen LogP contribution is -2.39. The minimum absolute atomic E-state index is 0.100. The largest absolute Gasteiger partial charge is 0.497 e. The van der Waals surface area contributed by atoms with E-state index in [9.17, 15) is 13.2 Å². The van der Waals surface area contributed by atoms with E-state index in [4.69, 9.17) is 4.74 Å². The Kier molecular flexibility index (Phi) is 6.82. The van der Waals surface area contributed by atoms with Crippen molar-refractivity contribution in [2.45, 2.75) is 4.90 Å². The van der Waals surface area contributed by atoms with Gasteiger partial charge in [0.15, 0.2) is 0 Å². The van der Waals surface area contributed by atoms with E-state index in [1.54, 1.807) is 79.9 Å². The third-order valence-electron chi connectivity index (χ3n) is 4.18. The summed E-state index contributed by atoms with van der Waals surface area (Å²) in [5.74, 6) is 0.143. The predicted molar refractivity (Wildman–Crippen MR) is 116 cm³/mol. The number of methoxy groups -OCH3 is 1. The van der Waals surface area contributed by atoms with E-state index in [1.807, 2.05) is 0 Å². The molecule has 0 aromatic heterocycles. The second-order valence-electron chi connectivity index (χ2n) is 6.23. The number of sulfonamides is 1. The standard InChI is InChI=1S/C22H21N3O4S/c1-29-20-14-12-18(13-15-20)16-23-24-22(26)17-25(19-8-4-2-5-9-19)30(27,28)21-10-6-3-7-11-21/h2-16H,17H2,1H3,(H,24,26)/b23-16-.